The highest BCUT2D eigenvalue weighted by Gasteiger charge is 2.35. The monoisotopic (exact) mass is 475 g/mol. The van der Waals surface area contributed by atoms with E-state index in [1.54, 1.807) is 29.4 Å². The highest BCUT2D eigenvalue weighted by molar-refractivity contribution is 9.10. The van der Waals surface area contributed by atoms with Crippen LogP contribution in [0.5, 0.6) is 0 Å². The van der Waals surface area contributed by atoms with Gasteiger partial charge in [-0.3, -0.25) is 0 Å². The van der Waals surface area contributed by atoms with Gasteiger partial charge in [-0.15, -0.1) is 0 Å². The van der Waals surface area contributed by atoms with E-state index in [9.17, 15) is 9.59 Å². The third kappa shape index (κ3) is 4.89. The number of hydrogen-bond donors (Lipinski definition) is 0. The number of halogens is 2. The minimum absolute atomic E-state index is 0.350. The van der Waals surface area contributed by atoms with E-state index in [4.69, 9.17) is 21.1 Å². The van der Waals surface area contributed by atoms with E-state index >= 15 is 0 Å². The van der Waals surface area contributed by atoms with Crippen molar-refractivity contribution in [1.82, 2.24) is 4.90 Å². The molecule has 0 saturated carbocycles. The van der Waals surface area contributed by atoms with Gasteiger partial charge in [-0.2, -0.15) is 0 Å². The summed E-state index contributed by atoms with van der Waals surface area (Å²) < 4.78 is 10.9. The third-order valence-electron chi connectivity index (χ3n) is 4.53. The van der Waals surface area contributed by atoms with Gasteiger partial charge in [0.05, 0.1) is 31.3 Å². The molecule has 0 bridgehead atoms. The Morgan fingerprint density at radius 2 is 1.59 bits per heavy atom. The lowest BCUT2D eigenvalue weighted by molar-refractivity contribution is -0.137. The average molecular weight is 477 g/mol. The van der Waals surface area contributed by atoms with Gasteiger partial charge in [0.25, 0.3) is 0 Å². The van der Waals surface area contributed by atoms with Crippen LogP contribution in [0.2, 0.25) is 5.02 Å². The number of rotatable bonds is 5. The van der Waals surface area contributed by atoms with Crippen LogP contribution in [-0.2, 0) is 25.6 Å². The molecule has 7 heteroatoms. The summed E-state index contributed by atoms with van der Waals surface area (Å²) in [6, 6.07) is 14.8. The molecular formula is C22H19BrClNO4. The fourth-order valence-electron chi connectivity index (χ4n) is 3.23. The van der Waals surface area contributed by atoms with Gasteiger partial charge in [0.2, 0.25) is 0 Å². The van der Waals surface area contributed by atoms with Crippen LogP contribution in [0.4, 0.5) is 0 Å². The minimum atomic E-state index is -0.603. The fourth-order valence-corrected chi connectivity index (χ4v) is 3.77. The lowest BCUT2D eigenvalue weighted by Crippen LogP contribution is -2.28. The summed E-state index contributed by atoms with van der Waals surface area (Å²) in [6.45, 7) is 0.448. The second-order valence-electron chi connectivity index (χ2n) is 6.44. The molecule has 2 aromatic carbocycles. The third-order valence-corrected chi connectivity index (χ3v) is 5.28. The van der Waals surface area contributed by atoms with Gasteiger partial charge in [-0.1, -0.05) is 51.8 Å². The maximum Gasteiger partial charge on any atom is 0.336 e. The molecule has 2 aromatic rings. The predicted molar refractivity (Wildman–Crippen MR) is 114 cm³/mol. The zero-order chi connectivity index (χ0) is 21.0. The van der Waals surface area contributed by atoms with Crippen LogP contribution in [0.3, 0.4) is 0 Å². The first-order chi connectivity index (χ1) is 13.9. The number of carbonyl (C=O) groups excluding carboxylic acids is 2. The first-order valence-electron chi connectivity index (χ1n) is 8.78. The molecule has 0 saturated heterocycles. The minimum Gasteiger partial charge on any atom is -0.466 e. The van der Waals surface area contributed by atoms with E-state index in [1.807, 2.05) is 36.4 Å². The molecule has 1 heterocycles. The molecule has 1 aliphatic rings. The molecule has 5 nitrogen and oxygen atoms in total. The Morgan fingerprint density at radius 1 is 1.00 bits per heavy atom. The molecule has 29 heavy (non-hydrogen) atoms. The highest BCUT2D eigenvalue weighted by atomic mass is 79.9. The number of methoxy groups -OCH3 is 2. The van der Waals surface area contributed by atoms with Gasteiger partial charge in [0.1, 0.15) is 0 Å². The van der Waals surface area contributed by atoms with Crippen molar-refractivity contribution >= 4 is 39.5 Å². The second kappa shape index (κ2) is 9.29. The van der Waals surface area contributed by atoms with Crippen molar-refractivity contribution in [2.75, 3.05) is 14.2 Å². The van der Waals surface area contributed by atoms with Crippen LogP contribution < -0.4 is 0 Å². The van der Waals surface area contributed by atoms with E-state index in [2.05, 4.69) is 15.9 Å². The molecule has 0 spiro atoms. The zero-order valence-electron chi connectivity index (χ0n) is 15.9. The van der Waals surface area contributed by atoms with E-state index in [0.29, 0.717) is 22.7 Å². The van der Waals surface area contributed by atoms with E-state index in [0.717, 1.165) is 15.6 Å². The predicted octanol–water partition coefficient (Wildman–Crippen LogP) is 4.82. The summed E-state index contributed by atoms with van der Waals surface area (Å²) in [6.07, 6.45) is 3.41. The Balaban J connectivity index is 2.07. The van der Waals surface area contributed by atoms with Crippen molar-refractivity contribution in [2.24, 2.45) is 0 Å². The molecule has 0 fully saturated rings. The lowest BCUT2D eigenvalue weighted by Gasteiger charge is -2.30. The molecule has 0 unspecified atom stereocenters. The number of ether oxygens (including phenoxy) is 2. The number of benzene rings is 2. The van der Waals surface area contributed by atoms with Gasteiger partial charge in [-0.25, -0.2) is 9.59 Å². The Kier molecular flexibility index (Phi) is 6.77. The van der Waals surface area contributed by atoms with E-state index < -0.39 is 17.9 Å². The van der Waals surface area contributed by atoms with Crippen molar-refractivity contribution in [1.29, 1.82) is 0 Å². The van der Waals surface area contributed by atoms with Gasteiger partial charge in [-0.05, 0) is 35.4 Å². The zero-order valence-corrected chi connectivity index (χ0v) is 18.2. The topological polar surface area (TPSA) is 55.8 Å². The summed E-state index contributed by atoms with van der Waals surface area (Å²) in [5, 5.41) is 0.638. The molecule has 3 rings (SSSR count). The molecule has 0 radical (unpaired) electrons. The Hall–Kier alpha value is -2.57. The highest BCUT2D eigenvalue weighted by Crippen LogP contribution is 2.38. The Bertz CT molecular complexity index is 951. The average Bonchev–Trinajstić information content (AvgIpc) is 2.73. The first kappa shape index (κ1) is 21.1. The van der Waals surface area contributed by atoms with Crippen molar-refractivity contribution in [3.63, 3.8) is 0 Å². The van der Waals surface area contributed by atoms with Gasteiger partial charge in [0, 0.05) is 28.4 Å². The summed E-state index contributed by atoms with van der Waals surface area (Å²) in [5.41, 5.74) is 2.44. The fraction of sp³-hybridized carbons (Fsp3) is 0.182. The summed E-state index contributed by atoms with van der Waals surface area (Å²) >= 11 is 9.40. The number of esters is 2. The maximum absolute atomic E-state index is 12.6. The molecule has 0 aromatic heterocycles. The molecule has 0 N–H and O–H groups in total. The van der Waals surface area contributed by atoms with Crippen molar-refractivity contribution < 1.29 is 19.1 Å². The Labute approximate surface area is 182 Å². The van der Waals surface area contributed by atoms with Gasteiger partial charge >= 0.3 is 11.9 Å². The molecule has 1 aliphatic heterocycles. The summed E-state index contributed by atoms with van der Waals surface area (Å²) in [7, 11) is 2.64. The van der Waals surface area contributed by atoms with Crippen LogP contribution in [0.1, 0.15) is 17.0 Å². The summed E-state index contributed by atoms with van der Waals surface area (Å²) in [5.74, 6) is -1.62. The molecular weight excluding hydrogens is 458 g/mol. The van der Waals surface area contributed by atoms with Gasteiger partial charge < -0.3 is 14.4 Å². The maximum atomic E-state index is 12.6. The van der Waals surface area contributed by atoms with Gasteiger partial charge in [0.15, 0.2) is 0 Å². The second-order valence-corrected chi connectivity index (χ2v) is 7.79. The largest absolute Gasteiger partial charge is 0.466 e. The summed E-state index contributed by atoms with van der Waals surface area (Å²) in [4.78, 5) is 27.0. The number of carbonyl (C=O) groups is 2. The van der Waals surface area contributed by atoms with Crippen LogP contribution in [0.15, 0.2) is 76.5 Å². The molecule has 150 valence electrons. The lowest BCUT2D eigenvalue weighted by atomic mass is 9.83. The van der Waals surface area contributed by atoms with Crippen molar-refractivity contribution in [3.8, 4) is 0 Å². The van der Waals surface area contributed by atoms with Crippen molar-refractivity contribution in [3.05, 3.63) is 92.7 Å². The van der Waals surface area contributed by atoms with Crippen molar-refractivity contribution in [2.45, 2.75) is 12.5 Å². The number of hydrogen-bond acceptors (Lipinski definition) is 5. The van der Waals surface area contributed by atoms with Crippen LogP contribution in [0.25, 0.3) is 0 Å². The smallest absolute Gasteiger partial charge is 0.336 e. The van der Waals surface area contributed by atoms with E-state index in [-0.39, 0.29) is 0 Å². The molecule has 0 aliphatic carbocycles. The quantitative estimate of drug-likeness (QED) is 0.579. The molecule has 0 amide bonds. The van der Waals surface area contributed by atoms with Crippen LogP contribution in [0, 0.1) is 0 Å². The number of nitrogens with zero attached hydrogens (tertiary/aromatic N) is 1. The van der Waals surface area contributed by atoms with Crippen LogP contribution in [-0.4, -0.2) is 31.1 Å². The first-order valence-corrected chi connectivity index (χ1v) is 9.95. The standard InChI is InChI=1S/C22H19BrClNO4/c1-28-21(26)18-12-25(11-14-6-8-17(24)9-7-14)13-19(22(27)29-2)20(18)15-4-3-5-16(23)10-15/h3-10,12-13,20H,11H2,1-2H3. The van der Waals surface area contributed by atoms with E-state index in [1.165, 1.54) is 14.2 Å². The normalized spacial score (nSPS) is 14.1. The molecule has 0 atom stereocenters. The SMILES string of the molecule is COC(=O)C1=CN(Cc2ccc(Cl)cc2)C=C(C(=O)OC)C1c1cccc(Br)c1. The van der Waals surface area contributed by atoms with Crippen LogP contribution >= 0.6 is 27.5 Å². The Morgan fingerprint density at radius 3 is 2.10 bits per heavy atom.